The maximum atomic E-state index is 13.6. The van der Waals surface area contributed by atoms with Gasteiger partial charge in [0.05, 0.1) is 11.3 Å². The van der Waals surface area contributed by atoms with E-state index in [-0.39, 0.29) is 11.8 Å². The van der Waals surface area contributed by atoms with Gasteiger partial charge in [-0.05, 0) is 74.2 Å². The van der Waals surface area contributed by atoms with Crippen LogP contribution in [-0.2, 0) is 9.59 Å². The molecule has 0 atom stereocenters. The van der Waals surface area contributed by atoms with Crippen molar-refractivity contribution in [1.82, 2.24) is 0 Å². The summed E-state index contributed by atoms with van der Waals surface area (Å²) in [6, 6.07) is 23.3. The molecule has 0 radical (unpaired) electrons. The summed E-state index contributed by atoms with van der Waals surface area (Å²) >= 11 is 0. The van der Waals surface area contributed by atoms with Gasteiger partial charge in [0, 0.05) is 24.5 Å². The number of hydrogen-bond donors (Lipinski definition) is 1. The van der Waals surface area contributed by atoms with E-state index in [0.29, 0.717) is 22.9 Å². The van der Waals surface area contributed by atoms with Gasteiger partial charge in [0.15, 0.2) is 0 Å². The van der Waals surface area contributed by atoms with Crippen molar-refractivity contribution in [3.05, 3.63) is 95.2 Å². The minimum absolute atomic E-state index is 0.294. The topological polar surface area (TPSA) is 52.7 Å². The summed E-state index contributed by atoms with van der Waals surface area (Å²) in [7, 11) is 0. The van der Waals surface area contributed by atoms with Gasteiger partial charge in [-0.15, -0.1) is 0 Å². The molecule has 2 amide bonds. The zero-order valence-corrected chi connectivity index (χ0v) is 21.1. The van der Waals surface area contributed by atoms with Crippen LogP contribution in [0.5, 0.6) is 0 Å². The fourth-order valence-electron chi connectivity index (χ4n) is 4.37. The Kier molecular flexibility index (Phi) is 7.06. The summed E-state index contributed by atoms with van der Waals surface area (Å²) in [6.45, 7) is 12.3. The van der Waals surface area contributed by atoms with E-state index >= 15 is 0 Å². The molecule has 180 valence electrons. The molecule has 1 aliphatic rings. The van der Waals surface area contributed by atoms with Crippen LogP contribution in [0, 0.1) is 6.92 Å². The first kappa shape index (κ1) is 24.3. The van der Waals surface area contributed by atoms with Crippen LogP contribution in [0.1, 0.15) is 50.3 Å². The lowest BCUT2D eigenvalue weighted by Crippen LogP contribution is -2.32. The lowest BCUT2D eigenvalue weighted by atomic mass is 10.0. The second kappa shape index (κ2) is 10.2. The molecule has 0 spiro atoms. The SMILES string of the molecule is CCN(CC)c1ccc(NC2=C(c3ccc(C)cc3)C(=O)N(c3ccc(C(C)C)cc3)C2=O)cc1. The van der Waals surface area contributed by atoms with E-state index in [0.717, 1.165) is 41.2 Å². The highest BCUT2D eigenvalue weighted by molar-refractivity contribution is 6.46. The second-order valence-electron chi connectivity index (χ2n) is 9.15. The van der Waals surface area contributed by atoms with Gasteiger partial charge in [-0.2, -0.15) is 0 Å². The highest BCUT2D eigenvalue weighted by Gasteiger charge is 2.40. The van der Waals surface area contributed by atoms with E-state index in [9.17, 15) is 9.59 Å². The zero-order valence-electron chi connectivity index (χ0n) is 21.1. The van der Waals surface area contributed by atoms with Gasteiger partial charge in [0.25, 0.3) is 11.8 Å². The van der Waals surface area contributed by atoms with Gasteiger partial charge in [-0.1, -0.05) is 55.8 Å². The monoisotopic (exact) mass is 467 g/mol. The van der Waals surface area contributed by atoms with Crippen molar-refractivity contribution in [3.63, 3.8) is 0 Å². The Morgan fingerprint density at radius 1 is 0.800 bits per heavy atom. The Labute approximate surface area is 208 Å². The quantitative estimate of drug-likeness (QED) is 0.392. The van der Waals surface area contributed by atoms with Gasteiger partial charge in [-0.25, -0.2) is 4.90 Å². The number of amides is 2. The maximum absolute atomic E-state index is 13.6. The first-order chi connectivity index (χ1) is 16.8. The number of nitrogens with zero attached hydrogens (tertiary/aromatic N) is 2. The third kappa shape index (κ3) is 4.85. The molecular formula is C30H33N3O2. The van der Waals surface area contributed by atoms with E-state index in [4.69, 9.17) is 0 Å². The Bertz CT molecular complexity index is 1240. The summed E-state index contributed by atoms with van der Waals surface area (Å²) in [4.78, 5) is 30.8. The van der Waals surface area contributed by atoms with Crippen LogP contribution in [0.15, 0.2) is 78.5 Å². The van der Waals surface area contributed by atoms with Crippen molar-refractivity contribution in [2.45, 2.75) is 40.5 Å². The van der Waals surface area contributed by atoms with Crippen molar-refractivity contribution < 1.29 is 9.59 Å². The number of imide groups is 1. The molecule has 3 aromatic carbocycles. The molecule has 1 heterocycles. The minimum Gasteiger partial charge on any atom is -0.372 e. The molecule has 35 heavy (non-hydrogen) atoms. The minimum atomic E-state index is -0.351. The molecule has 5 nitrogen and oxygen atoms in total. The molecule has 5 heteroatoms. The molecule has 1 N–H and O–H groups in total. The zero-order chi connectivity index (χ0) is 25.1. The summed E-state index contributed by atoms with van der Waals surface area (Å²) in [5, 5.41) is 3.26. The lowest BCUT2D eigenvalue weighted by molar-refractivity contribution is -0.120. The summed E-state index contributed by atoms with van der Waals surface area (Å²) in [5.41, 5.74) is 6.10. The molecule has 0 saturated heterocycles. The number of carbonyl (C=O) groups excluding carboxylic acids is 2. The van der Waals surface area contributed by atoms with E-state index in [2.05, 4.69) is 37.9 Å². The molecule has 0 saturated carbocycles. The Morgan fingerprint density at radius 3 is 1.94 bits per heavy atom. The summed E-state index contributed by atoms with van der Waals surface area (Å²) < 4.78 is 0. The number of carbonyl (C=O) groups is 2. The van der Waals surface area contributed by atoms with Crippen LogP contribution in [0.4, 0.5) is 17.1 Å². The maximum Gasteiger partial charge on any atom is 0.282 e. The third-order valence-electron chi connectivity index (χ3n) is 6.51. The number of nitrogens with one attached hydrogen (secondary N) is 1. The number of rotatable bonds is 8. The van der Waals surface area contributed by atoms with Crippen molar-refractivity contribution in [2.24, 2.45) is 0 Å². The van der Waals surface area contributed by atoms with Crippen molar-refractivity contribution in [3.8, 4) is 0 Å². The van der Waals surface area contributed by atoms with Crippen molar-refractivity contribution in [1.29, 1.82) is 0 Å². The molecular weight excluding hydrogens is 434 g/mol. The van der Waals surface area contributed by atoms with Gasteiger partial charge >= 0.3 is 0 Å². The van der Waals surface area contributed by atoms with Gasteiger partial charge in [0.2, 0.25) is 0 Å². The number of hydrogen-bond acceptors (Lipinski definition) is 4. The largest absolute Gasteiger partial charge is 0.372 e. The average Bonchev–Trinajstić information content (AvgIpc) is 3.10. The van der Waals surface area contributed by atoms with Crippen LogP contribution >= 0.6 is 0 Å². The Balaban J connectivity index is 1.72. The first-order valence-corrected chi connectivity index (χ1v) is 12.3. The number of benzene rings is 3. The molecule has 0 aliphatic carbocycles. The first-order valence-electron chi connectivity index (χ1n) is 12.3. The fraction of sp³-hybridized carbons (Fsp3) is 0.267. The number of aryl methyl sites for hydroxylation is 1. The summed E-state index contributed by atoms with van der Waals surface area (Å²) in [5.74, 6) is -0.305. The molecule has 0 bridgehead atoms. The van der Waals surface area contributed by atoms with Crippen molar-refractivity contribution in [2.75, 3.05) is 28.2 Å². The highest BCUT2D eigenvalue weighted by atomic mass is 16.2. The van der Waals surface area contributed by atoms with Crippen LogP contribution < -0.4 is 15.1 Å². The number of anilines is 3. The van der Waals surface area contributed by atoms with E-state index in [1.54, 1.807) is 0 Å². The predicted molar refractivity (Wildman–Crippen MR) is 145 cm³/mol. The van der Waals surface area contributed by atoms with Crippen LogP contribution in [-0.4, -0.2) is 24.9 Å². The summed E-state index contributed by atoms with van der Waals surface area (Å²) in [6.07, 6.45) is 0. The molecule has 0 aromatic heterocycles. The standard InChI is InChI=1S/C30H33N3O2/c1-6-32(7-2)25-18-14-24(15-19-25)31-28-27(23-10-8-21(5)9-11-23)29(34)33(30(28)35)26-16-12-22(13-17-26)20(3)4/h8-20,31H,6-7H2,1-5H3. The average molecular weight is 468 g/mol. The second-order valence-corrected chi connectivity index (χ2v) is 9.15. The molecule has 0 unspecified atom stereocenters. The fourth-order valence-corrected chi connectivity index (χ4v) is 4.37. The normalized spacial score (nSPS) is 13.7. The molecule has 0 fully saturated rings. The van der Waals surface area contributed by atoms with Crippen LogP contribution in [0.3, 0.4) is 0 Å². The van der Waals surface area contributed by atoms with Gasteiger partial charge in [-0.3, -0.25) is 9.59 Å². The highest BCUT2D eigenvalue weighted by Crippen LogP contribution is 2.34. The third-order valence-corrected chi connectivity index (χ3v) is 6.51. The lowest BCUT2D eigenvalue weighted by Gasteiger charge is -2.21. The van der Waals surface area contributed by atoms with E-state index in [1.165, 1.54) is 4.90 Å². The smallest absolute Gasteiger partial charge is 0.282 e. The Morgan fingerprint density at radius 2 is 1.40 bits per heavy atom. The van der Waals surface area contributed by atoms with Crippen molar-refractivity contribution >= 4 is 34.4 Å². The Hall–Kier alpha value is -3.86. The van der Waals surface area contributed by atoms with Crippen LogP contribution in [0.2, 0.25) is 0 Å². The molecule has 4 rings (SSSR count). The molecule has 1 aliphatic heterocycles. The van der Waals surface area contributed by atoms with Gasteiger partial charge < -0.3 is 10.2 Å². The van der Waals surface area contributed by atoms with E-state index < -0.39 is 0 Å². The van der Waals surface area contributed by atoms with Crippen LogP contribution in [0.25, 0.3) is 5.57 Å². The molecule has 3 aromatic rings. The predicted octanol–water partition coefficient (Wildman–Crippen LogP) is 6.36. The van der Waals surface area contributed by atoms with E-state index in [1.807, 2.05) is 79.7 Å². The van der Waals surface area contributed by atoms with Gasteiger partial charge in [0.1, 0.15) is 5.70 Å².